The van der Waals surface area contributed by atoms with Gasteiger partial charge in [0, 0.05) is 6.04 Å². The maximum atomic E-state index is 8.50. The van der Waals surface area contributed by atoms with Crippen molar-refractivity contribution in [3.63, 3.8) is 0 Å². The third kappa shape index (κ3) is 6.21. The maximum Gasteiger partial charge on any atom is 0.0660 e. The Morgan fingerprint density at radius 2 is 1.57 bits per heavy atom. The first-order valence-electron chi connectivity index (χ1n) is 2.08. The second-order valence-electron chi connectivity index (χ2n) is 1.60. The van der Waals surface area contributed by atoms with Gasteiger partial charge in [-0.15, -0.1) is 12.4 Å². The van der Waals surface area contributed by atoms with Crippen molar-refractivity contribution in [2.75, 3.05) is 0 Å². The van der Waals surface area contributed by atoms with E-state index in [4.69, 9.17) is 10.8 Å². The van der Waals surface area contributed by atoms with Crippen LogP contribution in [0, 0.1) is 0 Å². The van der Waals surface area contributed by atoms with Crippen molar-refractivity contribution in [3.8, 4) is 0 Å². The molecular formula is C4H12ClNO. The molecule has 0 radical (unpaired) electrons. The Balaban J connectivity index is 0. The monoisotopic (exact) mass is 125 g/mol. The summed E-state index contributed by atoms with van der Waals surface area (Å²) in [6, 6.07) is -0.0926. The van der Waals surface area contributed by atoms with Gasteiger partial charge in [0.25, 0.3) is 0 Å². The van der Waals surface area contributed by atoms with Gasteiger partial charge in [0.2, 0.25) is 0 Å². The van der Waals surface area contributed by atoms with Gasteiger partial charge in [0.1, 0.15) is 0 Å². The summed E-state index contributed by atoms with van der Waals surface area (Å²) in [5, 5.41) is 8.50. The predicted octanol–water partition coefficient (Wildman–Crippen LogP) is 0.136. The Morgan fingerprint density at radius 3 is 1.57 bits per heavy atom. The molecule has 3 N–H and O–H groups in total. The molecule has 0 aromatic heterocycles. The lowest BCUT2D eigenvalue weighted by Gasteiger charge is -2.04. The number of rotatable bonds is 1. The van der Waals surface area contributed by atoms with Crippen molar-refractivity contribution in [3.05, 3.63) is 0 Å². The number of halogens is 1. The van der Waals surface area contributed by atoms with Gasteiger partial charge in [-0.1, -0.05) is 0 Å². The molecule has 0 saturated heterocycles. The molecular weight excluding hydrogens is 114 g/mol. The molecule has 2 unspecified atom stereocenters. The van der Waals surface area contributed by atoms with E-state index in [1.807, 2.05) is 0 Å². The lowest BCUT2D eigenvalue weighted by atomic mass is 10.2. The zero-order valence-corrected chi connectivity index (χ0v) is 5.40. The molecule has 3 heteroatoms. The van der Waals surface area contributed by atoms with Gasteiger partial charge in [0.15, 0.2) is 0 Å². The van der Waals surface area contributed by atoms with Crippen molar-refractivity contribution in [2.45, 2.75) is 26.0 Å². The fraction of sp³-hybridized carbons (Fsp3) is 1.00. The van der Waals surface area contributed by atoms with Crippen LogP contribution < -0.4 is 5.73 Å². The minimum Gasteiger partial charge on any atom is -0.392 e. The molecule has 0 heterocycles. The highest BCUT2D eigenvalue weighted by molar-refractivity contribution is 5.85. The SMILES string of the molecule is CC(N)C(C)O.Cl. The van der Waals surface area contributed by atoms with Crippen LogP contribution in [0.2, 0.25) is 0 Å². The Labute approximate surface area is 50.1 Å². The summed E-state index contributed by atoms with van der Waals surface area (Å²) >= 11 is 0. The zero-order valence-electron chi connectivity index (χ0n) is 4.59. The van der Waals surface area contributed by atoms with Gasteiger partial charge in [-0.3, -0.25) is 0 Å². The highest BCUT2D eigenvalue weighted by atomic mass is 35.5. The lowest BCUT2D eigenvalue weighted by Crippen LogP contribution is -2.28. The van der Waals surface area contributed by atoms with Crippen molar-refractivity contribution in [1.82, 2.24) is 0 Å². The first-order valence-corrected chi connectivity index (χ1v) is 2.08. The van der Waals surface area contributed by atoms with Crippen LogP contribution in [0.25, 0.3) is 0 Å². The molecule has 0 rings (SSSR count). The van der Waals surface area contributed by atoms with Gasteiger partial charge < -0.3 is 10.8 Å². The van der Waals surface area contributed by atoms with Crippen molar-refractivity contribution in [2.24, 2.45) is 5.73 Å². The summed E-state index contributed by atoms with van der Waals surface area (Å²) in [4.78, 5) is 0. The van der Waals surface area contributed by atoms with E-state index in [9.17, 15) is 0 Å². The van der Waals surface area contributed by atoms with Gasteiger partial charge in [0.05, 0.1) is 6.10 Å². The standard InChI is InChI=1S/C4H11NO.ClH/c1-3(5)4(2)6;/h3-4,6H,5H2,1-2H3;1H. The van der Waals surface area contributed by atoms with Crippen LogP contribution in [0.3, 0.4) is 0 Å². The largest absolute Gasteiger partial charge is 0.392 e. The van der Waals surface area contributed by atoms with E-state index in [2.05, 4.69) is 0 Å². The van der Waals surface area contributed by atoms with Crippen molar-refractivity contribution in [1.29, 1.82) is 0 Å². The molecule has 0 aromatic carbocycles. The summed E-state index contributed by atoms with van der Waals surface area (Å²) in [5.41, 5.74) is 5.19. The highest BCUT2D eigenvalue weighted by Crippen LogP contribution is 1.81. The van der Waals surface area contributed by atoms with E-state index < -0.39 is 0 Å². The van der Waals surface area contributed by atoms with Gasteiger partial charge >= 0.3 is 0 Å². The average Bonchev–Trinajstić information content (AvgIpc) is 1.36. The molecule has 2 nitrogen and oxygen atoms in total. The van der Waals surface area contributed by atoms with Gasteiger partial charge in [-0.25, -0.2) is 0 Å². The van der Waals surface area contributed by atoms with Gasteiger partial charge in [-0.05, 0) is 13.8 Å². The second kappa shape index (κ2) is 4.37. The van der Waals surface area contributed by atoms with Crippen LogP contribution in [-0.2, 0) is 0 Å². The fourth-order valence-corrected chi connectivity index (χ4v) is 0. The lowest BCUT2D eigenvalue weighted by molar-refractivity contribution is 0.170. The molecule has 46 valence electrons. The molecule has 0 saturated carbocycles. The molecule has 0 aliphatic carbocycles. The minimum absolute atomic E-state index is 0. The molecule has 0 bridgehead atoms. The third-order valence-corrected chi connectivity index (χ3v) is 0.761. The van der Waals surface area contributed by atoms with Crippen molar-refractivity contribution < 1.29 is 5.11 Å². The third-order valence-electron chi connectivity index (χ3n) is 0.761. The Morgan fingerprint density at radius 1 is 1.43 bits per heavy atom. The van der Waals surface area contributed by atoms with E-state index in [1.165, 1.54) is 0 Å². The predicted molar refractivity (Wildman–Crippen MR) is 32.6 cm³/mol. The fourth-order valence-electron chi connectivity index (χ4n) is 0. The van der Waals surface area contributed by atoms with Crippen LogP contribution in [0.5, 0.6) is 0 Å². The van der Waals surface area contributed by atoms with Crippen LogP contribution in [0.1, 0.15) is 13.8 Å². The molecule has 0 amide bonds. The Kier molecular flexibility index (Phi) is 6.40. The topological polar surface area (TPSA) is 46.2 Å². The summed E-state index contributed by atoms with van der Waals surface area (Å²) in [5.74, 6) is 0. The number of nitrogens with two attached hydrogens (primary N) is 1. The first kappa shape index (κ1) is 10.2. The van der Waals surface area contributed by atoms with Crippen LogP contribution in [0.15, 0.2) is 0 Å². The molecule has 7 heavy (non-hydrogen) atoms. The van der Waals surface area contributed by atoms with E-state index in [1.54, 1.807) is 13.8 Å². The maximum absolute atomic E-state index is 8.50. The Bertz CT molecular complexity index is 32.7. The number of hydrogen-bond donors (Lipinski definition) is 2. The Hall–Kier alpha value is 0.210. The number of aliphatic hydroxyl groups is 1. The summed E-state index contributed by atoms with van der Waals surface area (Å²) in [6.07, 6.45) is -0.370. The van der Waals surface area contributed by atoms with E-state index in [-0.39, 0.29) is 24.6 Å². The quantitative estimate of drug-likeness (QED) is 0.524. The van der Waals surface area contributed by atoms with E-state index >= 15 is 0 Å². The van der Waals surface area contributed by atoms with E-state index in [0.717, 1.165) is 0 Å². The number of hydrogen-bond acceptors (Lipinski definition) is 2. The van der Waals surface area contributed by atoms with Crippen LogP contribution >= 0.6 is 12.4 Å². The molecule has 0 aliphatic rings. The normalized spacial score (nSPS) is 17.1. The number of aliphatic hydroxyl groups excluding tert-OH is 1. The van der Waals surface area contributed by atoms with E-state index in [0.29, 0.717) is 0 Å². The van der Waals surface area contributed by atoms with Gasteiger partial charge in [-0.2, -0.15) is 0 Å². The summed E-state index contributed by atoms with van der Waals surface area (Å²) < 4.78 is 0. The minimum atomic E-state index is -0.370. The summed E-state index contributed by atoms with van der Waals surface area (Å²) in [6.45, 7) is 3.44. The summed E-state index contributed by atoms with van der Waals surface area (Å²) in [7, 11) is 0. The smallest absolute Gasteiger partial charge is 0.0660 e. The molecule has 0 fully saturated rings. The molecule has 0 aromatic rings. The average molecular weight is 126 g/mol. The first-order chi connectivity index (χ1) is 2.64. The molecule has 0 aliphatic heterocycles. The van der Waals surface area contributed by atoms with Crippen molar-refractivity contribution >= 4 is 12.4 Å². The molecule has 2 atom stereocenters. The zero-order chi connectivity index (χ0) is 5.15. The molecule has 0 spiro atoms. The second-order valence-corrected chi connectivity index (χ2v) is 1.60. The van der Waals surface area contributed by atoms with Crippen LogP contribution in [0.4, 0.5) is 0 Å². The van der Waals surface area contributed by atoms with Crippen LogP contribution in [-0.4, -0.2) is 17.3 Å². The highest BCUT2D eigenvalue weighted by Gasteiger charge is 1.97.